The van der Waals surface area contributed by atoms with Crippen LogP contribution in [-0.4, -0.2) is 64.8 Å². The highest BCUT2D eigenvalue weighted by Crippen LogP contribution is 2.37. The first kappa shape index (κ1) is 53.3. The van der Waals surface area contributed by atoms with Crippen LogP contribution in [0.15, 0.2) is 24.8 Å². The van der Waals surface area contributed by atoms with E-state index in [1.165, 1.54) is 63.0 Å². The molecule has 0 atom stereocenters. The van der Waals surface area contributed by atoms with Crippen LogP contribution < -0.4 is 9.13 Å². The van der Waals surface area contributed by atoms with Gasteiger partial charge in [-0.3, -0.25) is 0 Å². The van der Waals surface area contributed by atoms with E-state index in [4.69, 9.17) is 0 Å². The van der Waals surface area contributed by atoms with Crippen LogP contribution in [0.25, 0.3) is 19.9 Å². The summed E-state index contributed by atoms with van der Waals surface area (Å²) in [6.07, 6.45) is 19.1. The molecule has 330 valence electrons. The first-order valence-electron chi connectivity index (χ1n) is 16.1. The second-order valence-corrected chi connectivity index (χ2v) is 18.1. The summed E-state index contributed by atoms with van der Waals surface area (Å²) in [5.74, 6) is 2.79. The number of imidazole rings is 2. The lowest BCUT2D eigenvalue weighted by atomic mass is 10.3. The normalized spacial score (nSPS) is 13.5. The maximum Gasteiger partial charge on any atom is 0.480 e. The number of rotatable bonds is 17. The lowest BCUT2D eigenvalue weighted by molar-refractivity contribution is -0.715. The average Bonchev–Trinajstić information content (AvgIpc) is 3.60. The van der Waals surface area contributed by atoms with Gasteiger partial charge in [0.15, 0.2) is 40.1 Å². The summed E-state index contributed by atoms with van der Waals surface area (Å²) in [6, 6.07) is 0. The van der Waals surface area contributed by atoms with Crippen LogP contribution in [0.5, 0.6) is 0 Å². The number of sulfonamides is 4. The summed E-state index contributed by atoms with van der Waals surface area (Å²) in [5.41, 5.74) is -24.8. The number of alkyl halides is 12. The number of aryl methyl sites for hydroxylation is 4. The molecule has 0 fully saturated rings. The zero-order chi connectivity index (χ0) is 44.2. The first-order valence-corrected chi connectivity index (χ1v) is 21.8. The van der Waals surface area contributed by atoms with Gasteiger partial charge in [-0.2, -0.15) is 52.7 Å². The van der Waals surface area contributed by atoms with Gasteiger partial charge in [0.1, 0.15) is 24.8 Å². The molecule has 2 aromatic rings. The van der Waals surface area contributed by atoms with E-state index in [0.717, 1.165) is 34.4 Å². The Labute approximate surface area is 316 Å². The van der Waals surface area contributed by atoms with Crippen molar-refractivity contribution < 1.29 is 95.5 Å². The van der Waals surface area contributed by atoms with E-state index < -0.39 is 62.1 Å². The smallest absolute Gasteiger partial charge is 0.421 e. The standard InChI is InChI=1S/C22H40N4.2C2F6NO4S2/c1-5-9-13-23-17-18-24(14-10-6-2)21(23)22-25(15-11-7-3)19-20-26(22)16-12-8-4;2*3-1(4,5)14(10,11)9-15(12,13)2(6,7)8/h17-20H,5-16H2,1-4H3;;/q+2;2*-1. The van der Waals surface area contributed by atoms with Gasteiger partial charge in [0, 0.05) is 0 Å². The van der Waals surface area contributed by atoms with Gasteiger partial charge in [0.05, 0.1) is 26.2 Å². The van der Waals surface area contributed by atoms with Gasteiger partial charge in [-0.25, -0.2) is 51.9 Å². The van der Waals surface area contributed by atoms with E-state index in [2.05, 4.69) is 70.8 Å². The summed E-state index contributed by atoms with van der Waals surface area (Å²) in [7, 11) is -26.9. The Morgan fingerprint density at radius 3 is 0.893 bits per heavy atom. The van der Waals surface area contributed by atoms with Crippen LogP contribution in [0, 0.1) is 0 Å². The fourth-order valence-electron chi connectivity index (χ4n) is 3.91. The molecule has 14 nitrogen and oxygen atoms in total. The van der Waals surface area contributed by atoms with Crippen LogP contribution >= 0.6 is 0 Å². The van der Waals surface area contributed by atoms with E-state index in [1.54, 1.807) is 0 Å². The maximum atomic E-state index is 11.4. The molecule has 0 spiro atoms. The van der Waals surface area contributed by atoms with Gasteiger partial charge in [-0.1, -0.05) is 53.4 Å². The van der Waals surface area contributed by atoms with Crippen molar-refractivity contribution in [2.45, 2.75) is 127 Å². The molecule has 0 saturated carbocycles. The largest absolute Gasteiger partial charge is 0.480 e. The molecule has 2 rings (SSSR count). The maximum absolute atomic E-state index is 11.4. The van der Waals surface area contributed by atoms with Crippen LogP contribution in [0.4, 0.5) is 52.7 Å². The molecule has 0 unspecified atom stereocenters. The Kier molecular flexibility index (Phi) is 19.8. The molecule has 0 aliphatic rings. The molecule has 0 aliphatic carbocycles. The lowest BCUT2D eigenvalue weighted by Gasteiger charge is -2.22. The topological polar surface area (TPSA) is 182 Å². The molecule has 0 aliphatic heterocycles. The van der Waals surface area contributed by atoms with Crippen LogP contribution in [0.1, 0.15) is 79.1 Å². The van der Waals surface area contributed by atoms with Crippen molar-refractivity contribution in [3.05, 3.63) is 33.0 Å². The summed E-state index contributed by atoms with van der Waals surface area (Å²) in [5, 5.41) is 0. The second-order valence-electron chi connectivity index (χ2n) is 11.3. The summed E-state index contributed by atoms with van der Waals surface area (Å²) < 4.78 is 228. The van der Waals surface area contributed by atoms with Crippen molar-refractivity contribution in [1.29, 1.82) is 0 Å². The van der Waals surface area contributed by atoms with Gasteiger partial charge in [0.25, 0.3) is 0 Å². The molecule has 56 heavy (non-hydrogen) atoms. The first-order chi connectivity index (χ1) is 25.2. The summed E-state index contributed by atoms with van der Waals surface area (Å²) in [4.78, 5) is 0. The molecule has 0 saturated heterocycles. The highest BCUT2D eigenvalue weighted by Gasteiger charge is 2.48. The van der Waals surface area contributed by atoms with Gasteiger partial charge < -0.3 is 8.25 Å². The van der Waals surface area contributed by atoms with Crippen LogP contribution in [-0.2, 0) is 66.3 Å². The predicted molar refractivity (Wildman–Crippen MR) is 174 cm³/mol. The van der Waals surface area contributed by atoms with Crippen molar-refractivity contribution in [3.63, 3.8) is 0 Å². The Balaban J connectivity index is 0.000000871. The number of hydrogen-bond donors (Lipinski definition) is 0. The highest BCUT2D eigenvalue weighted by atomic mass is 32.3. The highest BCUT2D eigenvalue weighted by molar-refractivity contribution is 8.13. The van der Waals surface area contributed by atoms with Crippen LogP contribution in [0.2, 0.25) is 0 Å². The molecular formula is C26H40F12N6O8S4. The quantitative estimate of drug-likeness (QED) is 0.122. The van der Waals surface area contributed by atoms with Crippen molar-refractivity contribution in [1.82, 2.24) is 9.13 Å². The van der Waals surface area contributed by atoms with Gasteiger partial charge in [-0.05, 0) is 25.7 Å². The van der Waals surface area contributed by atoms with Crippen LogP contribution in [0.3, 0.4) is 0 Å². The Bertz CT molecular complexity index is 1700. The SMILES string of the molecule is CCCCn1cc[n+](CCCC)c1-c1n(CCCC)cc[n+]1CCCC.O=S(=O)([N-]S(=O)(=O)C(F)(F)F)C(F)(F)F.O=S(=O)([N-]S(=O)(=O)C(F)(F)F)C(F)(F)F. The lowest BCUT2D eigenvalue weighted by Crippen LogP contribution is -2.43. The van der Waals surface area contributed by atoms with Gasteiger partial charge in [-0.15, -0.1) is 0 Å². The zero-order valence-corrected chi connectivity index (χ0v) is 33.2. The van der Waals surface area contributed by atoms with E-state index in [0.29, 0.717) is 0 Å². The minimum absolute atomic E-state index is 0.778. The van der Waals surface area contributed by atoms with E-state index >= 15 is 0 Å². The Morgan fingerprint density at radius 2 is 0.696 bits per heavy atom. The summed E-state index contributed by atoms with van der Waals surface area (Å²) >= 11 is 0. The predicted octanol–water partition coefficient (Wildman–Crippen LogP) is 6.85. The number of aromatic nitrogens is 4. The fourth-order valence-corrected chi connectivity index (χ4v) is 7.33. The third kappa shape index (κ3) is 15.6. The third-order valence-electron chi connectivity index (χ3n) is 6.71. The molecule has 0 N–H and O–H groups in total. The van der Waals surface area contributed by atoms with Gasteiger partial charge in [0.2, 0.25) is 0 Å². The Morgan fingerprint density at radius 1 is 0.464 bits per heavy atom. The summed E-state index contributed by atoms with van der Waals surface area (Å²) in [6.45, 7) is 13.5. The monoisotopic (exact) mass is 920 g/mol. The molecular weight excluding hydrogens is 881 g/mol. The number of nitrogens with zero attached hydrogens (tertiary/aromatic N) is 6. The fraction of sp³-hybridized carbons (Fsp3) is 0.769. The molecule has 30 heteroatoms. The van der Waals surface area contributed by atoms with Crippen molar-refractivity contribution >= 4 is 40.1 Å². The molecule has 0 amide bonds. The minimum Gasteiger partial charge on any atom is -0.421 e. The Hall–Kier alpha value is -2.70. The average molecular weight is 921 g/mol. The number of unbranched alkanes of at least 4 members (excludes halogenated alkanes) is 4. The second kappa shape index (κ2) is 20.8. The van der Waals surface area contributed by atoms with Crippen molar-refractivity contribution in [2.75, 3.05) is 0 Å². The van der Waals surface area contributed by atoms with Crippen molar-refractivity contribution in [3.8, 4) is 11.6 Å². The number of halogens is 12. The number of hydrogen-bond acceptors (Lipinski definition) is 8. The molecule has 0 bridgehead atoms. The molecule has 2 aromatic heterocycles. The molecule has 0 radical (unpaired) electrons. The molecule has 2 heterocycles. The van der Waals surface area contributed by atoms with E-state index in [9.17, 15) is 86.4 Å². The zero-order valence-electron chi connectivity index (χ0n) is 29.9. The van der Waals surface area contributed by atoms with E-state index in [1.807, 2.05) is 0 Å². The van der Waals surface area contributed by atoms with E-state index in [-0.39, 0.29) is 0 Å². The van der Waals surface area contributed by atoms with Crippen molar-refractivity contribution in [2.24, 2.45) is 0 Å². The molecule has 0 aromatic carbocycles. The third-order valence-corrected chi connectivity index (χ3v) is 12.2. The minimum atomic E-state index is -6.72. The van der Waals surface area contributed by atoms with Gasteiger partial charge >= 0.3 is 33.7 Å².